The molecule has 0 amide bonds. The van der Waals surface area contributed by atoms with Crippen LogP contribution in [0.2, 0.25) is 0 Å². The minimum Gasteiger partial charge on any atom is -0.446 e. The Bertz CT molecular complexity index is 303. The normalized spacial score (nSPS) is 22.6. The molecule has 1 aliphatic heterocycles. The predicted molar refractivity (Wildman–Crippen MR) is 52.2 cm³/mol. The number of ether oxygens (including phenoxy) is 1. The van der Waals surface area contributed by atoms with Gasteiger partial charge in [0.1, 0.15) is 17.6 Å². The van der Waals surface area contributed by atoms with Gasteiger partial charge in [-0.1, -0.05) is 6.92 Å². The minimum atomic E-state index is 0.0628. The largest absolute Gasteiger partial charge is 0.446 e. The average molecular weight is 196 g/mol. The van der Waals surface area contributed by atoms with E-state index in [-0.39, 0.29) is 6.10 Å². The number of morpholine rings is 1. The summed E-state index contributed by atoms with van der Waals surface area (Å²) in [6.45, 7) is 6.48. The first-order chi connectivity index (χ1) is 6.81. The smallest absolute Gasteiger partial charge is 0.194 e. The van der Waals surface area contributed by atoms with Gasteiger partial charge in [-0.25, -0.2) is 4.98 Å². The van der Waals surface area contributed by atoms with E-state index in [4.69, 9.17) is 9.15 Å². The molecule has 4 heteroatoms. The fraction of sp³-hybridized carbons (Fsp3) is 0.700. The number of aryl methyl sites for hydroxylation is 2. The lowest BCUT2D eigenvalue weighted by atomic mass is 10.2. The van der Waals surface area contributed by atoms with E-state index in [0.717, 1.165) is 43.5 Å². The molecular weight excluding hydrogens is 180 g/mol. The highest BCUT2D eigenvalue weighted by atomic mass is 16.5. The molecule has 0 spiro atoms. The standard InChI is InChI=1S/C10H16N2O2/c1-3-9-12-10(7(2)14-9)8-6-11-4-5-13-8/h8,11H,3-6H2,1-2H3. The molecule has 2 heterocycles. The number of rotatable bonds is 2. The third kappa shape index (κ3) is 1.81. The molecule has 1 aromatic heterocycles. The van der Waals surface area contributed by atoms with Crippen LogP contribution in [0, 0.1) is 6.92 Å². The van der Waals surface area contributed by atoms with E-state index >= 15 is 0 Å². The van der Waals surface area contributed by atoms with Crippen LogP contribution in [0.15, 0.2) is 4.42 Å². The van der Waals surface area contributed by atoms with Gasteiger partial charge in [0.15, 0.2) is 5.89 Å². The Kier molecular flexibility index (Phi) is 2.84. The highest BCUT2D eigenvalue weighted by Gasteiger charge is 2.22. The number of hydrogen-bond donors (Lipinski definition) is 1. The molecule has 1 N–H and O–H groups in total. The number of hydrogen-bond acceptors (Lipinski definition) is 4. The number of aromatic nitrogens is 1. The summed E-state index contributed by atoms with van der Waals surface area (Å²) in [6, 6.07) is 0. The van der Waals surface area contributed by atoms with Crippen molar-refractivity contribution in [1.82, 2.24) is 10.3 Å². The second-order valence-electron chi connectivity index (χ2n) is 3.47. The monoisotopic (exact) mass is 196 g/mol. The van der Waals surface area contributed by atoms with Gasteiger partial charge in [0.25, 0.3) is 0 Å². The van der Waals surface area contributed by atoms with Gasteiger partial charge in [0.2, 0.25) is 0 Å². The molecule has 78 valence electrons. The minimum absolute atomic E-state index is 0.0628. The van der Waals surface area contributed by atoms with Crippen molar-refractivity contribution in [3.05, 3.63) is 17.3 Å². The molecule has 1 fully saturated rings. The van der Waals surface area contributed by atoms with Crippen LogP contribution in [0.25, 0.3) is 0 Å². The van der Waals surface area contributed by atoms with Gasteiger partial charge in [-0.15, -0.1) is 0 Å². The molecule has 1 atom stereocenters. The summed E-state index contributed by atoms with van der Waals surface area (Å²) in [5.41, 5.74) is 0.953. The molecule has 0 radical (unpaired) electrons. The number of oxazole rings is 1. The Morgan fingerprint density at radius 2 is 2.43 bits per heavy atom. The first-order valence-corrected chi connectivity index (χ1v) is 5.09. The van der Waals surface area contributed by atoms with Crippen molar-refractivity contribution in [2.45, 2.75) is 26.4 Å². The lowest BCUT2D eigenvalue weighted by molar-refractivity contribution is 0.0244. The molecule has 1 saturated heterocycles. The molecule has 1 aromatic rings. The average Bonchev–Trinajstić information content (AvgIpc) is 2.61. The molecule has 1 unspecified atom stereocenters. The van der Waals surface area contributed by atoms with Crippen molar-refractivity contribution >= 4 is 0 Å². The van der Waals surface area contributed by atoms with Crippen LogP contribution < -0.4 is 5.32 Å². The quantitative estimate of drug-likeness (QED) is 0.772. The maximum Gasteiger partial charge on any atom is 0.194 e. The van der Waals surface area contributed by atoms with Crippen LogP contribution in [0.4, 0.5) is 0 Å². The topological polar surface area (TPSA) is 47.3 Å². The summed E-state index contributed by atoms with van der Waals surface area (Å²) >= 11 is 0. The van der Waals surface area contributed by atoms with Crippen LogP contribution in [0.3, 0.4) is 0 Å². The summed E-state index contributed by atoms with van der Waals surface area (Å²) in [7, 11) is 0. The van der Waals surface area contributed by atoms with Crippen LogP contribution in [-0.4, -0.2) is 24.7 Å². The molecule has 0 aliphatic carbocycles. The van der Waals surface area contributed by atoms with Crippen molar-refractivity contribution in [2.75, 3.05) is 19.7 Å². The fourth-order valence-corrected chi connectivity index (χ4v) is 1.66. The van der Waals surface area contributed by atoms with Crippen LogP contribution in [0.5, 0.6) is 0 Å². The molecule has 0 saturated carbocycles. The van der Waals surface area contributed by atoms with Crippen molar-refractivity contribution in [1.29, 1.82) is 0 Å². The van der Waals surface area contributed by atoms with Crippen molar-refractivity contribution in [3.63, 3.8) is 0 Å². The number of nitrogens with one attached hydrogen (secondary N) is 1. The summed E-state index contributed by atoms with van der Waals surface area (Å²) in [4.78, 5) is 4.42. The van der Waals surface area contributed by atoms with Gasteiger partial charge in [-0.05, 0) is 6.92 Å². The third-order valence-corrected chi connectivity index (χ3v) is 2.41. The maximum atomic E-state index is 5.62. The molecule has 2 rings (SSSR count). The Labute approximate surface area is 83.7 Å². The van der Waals surface area contributed by atoms with E-state index in [1.807, 2.05) is 13.8 Å². The van der Waals surface area contributed by atoms with Crippen LogP contribution in [0.1, 0.15) is 30.4 Å². The van der Waals surface area contributed by atoms with E-state index in [1.54, 1.807) is 0 Å². The van der Waals surface area contributed by atoms with Crippen molar-refractivity contribution < 1.29 is 9.15 Å². The van der Waals surface area contributed by atoms with E-state index in [9.17, 15) is 0 Å². The van der Waals surface area contributed by atoms with E-state index in [0.29, 0.717) is 0 Å². The molecule has 0 aromatic carbocycles. The van der Waals surface area contributed by atoms with Gasteiger partial charge in [-0.3, -0.25) is 0 Å². The SMILES string of the molecule is CCc1nc(C2CNCCO2)c(C)o1. The van der Waals surface area contributed by atoms with E-state index < -0.39 is 0 Å². The zero-order valence-corrected chi connectivity index (χ0v) is 8.67. The molecule has 4 nitrogen and oxygen atoms in total. The van der Waals surface area contributed by atoms with Gasteiger partial charge in [0.05, 0.1) is 6.61 Å². The summed E-state index contributed by atoms with van der Waals surface area (Å²) in [5.74, 6) is 1.68. The van der Waals surface area contributed by atoms with Crippen molar-refractivity contribution in [2.24, 2.45) is 0 Å². The zero-order valence-electron chi connectivity index (χ0n) is 8.67. The summed E-state index contributed by atoms with van der Waals surface area (Å²) in [5, 5.41) is 3.28. The first kappa shape index (κ1) is 9.68. The van der Waals surface area contributed by atoms with Gasteiger partial charge < -0.3 is 14.5 Å². The highest BCUT2D eigenvalue weighted by Crippen LogP contribution is 2.22. The van der Waals surface area contributed by atoms with Gasteiger partial charge in [-0.2, -0.15) is 0 Å². The zero-order chi connectivity index (χ0) is 9.97. The van der Waals surface area contributed by atoms with Crippen molar-refractivity contribution in [3.8, 4) is 0 Å². The Morgan fingerprint density at radius 3 is 3.00 bits per heavy atom. The third-order valence-electron chi connectivity index (χ3n) is 2.41. The Balaban J connectivity index is 2.17. The van der Waals surface area contributed by atoms with E-state index in [2.05, 4.69) is 10.3 Å². The van der Waals surface area contributed by atoms with Crippen LogP contribution >= 0.6 is 0 Å². The molecule has 0 bridgehead atoms. The maximum absolute atomic E-state index is 5.62. The molecule has 1 aliphatic rings. The fourth-order valence-electron chi connectivity index (χ4n) is 1.66. The first-order valence-electron chi connectivity index (χ1n) is 5.09. The Morgan fingerprint density at radius 1 is 1.57 bits per heavy atom. The Hall–Kier alpha value is -0.870. The highest BCUT2D eigenvalue weighted by molar-refractivity contribution is 5.12. The van der Waals surface area contributed by atoms with E-state index in [1.165, 1.54) is 0 Å². The number of nitrogens with zero attached hydrogens (tertiary/aromatic N) is 1. The lowest BCUT2D eigenvalue weighted by Crippen LogP contribution is -2.33. The predicted octanol–water partition coefficient (Wildman–Crippen LogP) is 1.21. The lowest BCUT2D eigenvalue weighted by Gasteiger charge is -2.22. The van der Waals surface area contributed by atoms with Crippen LogP contribution in [-0.2, 0) is 11.2 Å². The van der Waals surface area contributed by atoms with Gasteiger partial charge >= 0.3 is 0 Å². The second kappa shape index (κ2) is 4.11. The van der Waals surface area contributed by atoms with Gasteiger partial charge in [0, 0.05) is 19.5 Å². The summed E-state index contributed by atoms with van der Waals surface area (Å²) < 4.78 is 11.1. The molecular formula is C10H16N2O2. The second-order valence-corrected chi connectivity index (χ2v) is 3.47. The molecule has 14 heavy (non-hydrogen) atoms. The summed E-state index contributed by atoms with van der Waals surface area (Å²) in [6.07, 6.45) is 0.897.